The Hall–Kier alpha value is -2.29. The van der Waals surface area contributed by atoms with Crippen molar-refractivity contribution in [3.05, 3.63) is 33.6 Å². The number of anilines is 1. The third kappa shape index (κ3) is 3.85. The molecule has 9 heteroatoms. The summed E-state index contributed by atoms with van der Waals surface area (Å²) in [6.07, 6.45) is 0.978. The highest BCUT2D eigenvalue weighted by molar-refractivity contribution is 7.10. The van der Waals surface area contributed by atoms with Gasteiger partial charge in [0.15, 0.2) is 0 Å². The van der Waals surface area contributed by atoms with Crippen LogP contribution < -0.4 is 10.1 Å². The molecule has 1 N–H and O–H groups in total. The number of nitrogens with zero attached hydrogens (tertiary/aromatic N) is 4. The maximum absolute atomic E-state index is 11.0. The first-order valence-corrected chi connectivity index (χ1v) is 7.19. The molecular weight excluding hydrogens is 294 g/mol. The second kappa shape index (κ2) is 6.93. The molecule has 112 valence electrons. The fourth-order valence-electron chi connectivity index (χ4n) is 1.60. The number of nitrogens with one attached hydrogen (secondary N) is 1. The number of nitro groups is 1. The summed E-state index contributed by atoms with van der Waals surface area (Å²) in [6.45, 7) is 4.66. The molecule has 0 radical (unpaired) electrons. The normalized spacial score (nSPS) is 10.4. The van der Waals surface area contributed by atoms with Crippen molar-refractivity contribution in [2.45, 2.75) is 26.9 Å². The lowest BCUT2D eigenvalue weighted by Crippen LogP contribution is -2.05. The summed E-state index contributed by atoms with van der Waals surface area (Å²) in [5.41, 5.74) is 1.19. The molecule has 0 saturated carbocycles. The molecule has 0 aliphatic heterocycles. The Kier molecular flexibility index (Phi) is 4.99. The Bertz CT molecular complexity index is 631. The van der Waals surface area contributed by atoms with E-state index in [2.05, 4.69) is 26.8 Å². The van der Waals surface area contributed by atoms with Crippen molar-refractivity contribution >= 4 is 22.4 Å². The predicted octanol–water partition coefficient (Wildman–Crippen LogP) is 2.55. The molecular formula is C12H15N5O3S. The van der Waals surface area contributed by atoms with E-state index in [9.17, 15) is 10.1 Å². The first kappa shape index (κ1) is 15.1. The third-order valence-corrected chi connectivity index (χ3v) is 3.33. The van der Waals surface area contributed by atoms with Gasteiger partial charge in [-0.25, -0.2) is 0 Å². The van der Waals surface area contributed by atoms with Crippen LogP contribution in [0.25, 0.3) is 0 Å². The molecule has 2 aromatic rings. The number of rotatable bonds is 7. The van der Waals surface area contributed by atoms with Gasteiger partial charge < -0.3 is 20.2 Å². The second-order valence-electron chi connectivity index (χ2n) is 4.30. The second-order valence-corrected chi connectivity index (χ2v) is 5.05. The van der Waals surface area contributed by atoms with Gasteiger partial charge in [0.1, 0.15) is 23.0 Å². The molecule has 21 heavy (non-hydrogen) atoms. The van der Waals surface area contributed by atoms with Gasteiger partial charge in [-0.05, 0) is 28.5 Å². The molecule has 0 fully saturated rings. The Morgan fingerprint density at radius 3 is 3.00 bits per heavy atom. The monoisotopic (exact) mass is 309 g/mol. The van der Waals surface area contributed by atoms with Crippen LogP contribution in [0.4, 0.5) is 10.8 Å². The van der Waals surface area contributed by atoms with Crippen LogP contribution in [-0.4, -0.2) is 26.0 Å². The van der Waals surface area contributed by atoms with Gasteiger partial charge in [0, 0.05) is 25.0 Å². The zero-order chi connectivity index (χ0) is 15.2. The fraction of sp³-hybridized carbons (Fsp3) is 0.417. The highest BCUT2D eigenvalue weighted by Crippen LogP contribution is 2.26. The molecule has 0 atom stereocenters. The quantitative estimate of drug-likeness (QED) is 0.619. The Morgan fingerprint density at radius 2 is 2.29 bits per heavy atom. The van der Waals surface area contributed by atoms with Gasteiger partial charge in [0.05, 0.1) is 0 Å². The molecule has 0 aliphatic rings. The fourth-order valence-corrected chi connectivity index (χ4v) is 2.19. The molecule has 8 nitrogen and oxygen atoms in total. The third-order valence-electron chi connectivity index (χ3n) is 2.61. The predicted molar refractivity (Wildman–Crippen MR) is 78.7 cm³/mol. The molecule has 0 saturated heterocycles. The van der Waals surface area contributed by atoms with E-state index in [1.54, 1.807) is 19.1 Å². The maximum atomic E-state index is 11.0. The molecule has 2 heterocycles. The van der Waals surface area contributed by atoms with Gasteiger partial charge in [-0.2, -0.15) is 0 Å². The van der Waals surface area contributed by atoms with E-state index in [1.165, 1.54) is 11.5 Å². The van der Waals surface area contributed by atoms with E-state index in [4.69, 9.17) is 4.74 Å². The summed E-state index contributed by atoms with van der Waals surface area (Å²) in [5.74, 6) is -0.165. The van der Waals surface area contributed by atoms with Crippen molar-refractivity contribution in [3.63, 3.8) is 0 Å². The van der Waals surface area contributed by atoms with Gasteiger partial charge in [0.25, 0.3) is 0 Å². The van der Waals surface area contributed by atoms with Crippen LogP contribution >= 0.6 is 11.5 Å². The lowest BCUT2D eigenvalue weighted by Gasteiger charge is -2.06. The zero-order valence-corrected chi connectivity index (χ0v) is 12.5. The lowest BCUT2D eigenvalue weighted by atomic mass is 10.3. The standard InChI is InChI=1S/C12H15N5O3S/c1-3-6-13-12-9(15-16-21-12)7-20-10-5-4-8(2)14-11(10)17(18)19/h4-5,13H,3,6-7H2,1-2H3. The Morgan fingerprint density at radius 1 is 1.48 bits per heavy atom. The van der Waals surface area contributed by atoms with Crippen LogP contribution in [0.5, 0.6) is 5.75 Å². The first-order valence-electron chi connectivity index (χ1n) is 6.41. The summed E-state index contributed by atoms with van der Waals surface area (Å²) in [5, 5.41) is 18.9. The smallest absolute Gasteiger partial charge is 0.406 e. The van der Waals surface area contributed by atoms with Crippen LogP contribution in [0.15, 0.2) is 12.1 Å². The lowest BCUT2D eigenvalue weighted by molar-refractivity contribution is -0.390. The maximum Gasteiger partial charge on any atom is 0.406 e. The number of hydrogen-bond acceptors (Lipinski definition) is 8. The van der Waals surface area contributed by atoms with Crippen molar-refractivity contribution in [1.82, 2.24) is 14.6 Å². The van der Waals surface area contributed by atoms with Crippen LogP contribution in [0, 0.1) is 17.0 Å². The largest absolute Gasteiger partial charge is 0.479 e. The highest BCUT2D eigenvalue weighted by Gasteiger charge is 2.18. The topological polar surface area (TPSA) is 103 Å². The van der Waals surface area contributed by atoms with E-state index >= 15 is 0 Å². The minimum atomic E-state index is -0.558. The van der Waals surface area contributed by atoms with Crippen LogP contribution in [0.2, 0.25) is 0 Å². The number of aromatic nitrogens is 3. The molecule has 0 aromatic carbocycles. The number of ether oxygens (including phenoxy) is 1. The summed E-state index contributed by atoms with van der Waals surface area (Å²) in [4.78, 5) is 14.3. The molecule has 2 rings (SSSR count). The molecule has 0 bridgehead atoms. The van der Waals surface area contributed by atoms with Gasteiger partial charge in [-0.1, -0.05) is 11.4 Å². The van der Waals surface area contributed by atoms with E-state index in [1.807, 2.05) is 0 Å². The van der Waals surface area contributed by atoms with E-state index in [0.717, 1.165) is 18.0 Å². The summed E-state index contributed by atoms with van der Waals surface area (Å²) in [7, 11) is 0. The number of aryl methyl sites for hydroxylation is 1. The SMILES string of the molecule is CCCNc1snnc1COc1ccc(C)nc1[N+](=O)[O-]. The van der Waals surface area contributed by atoms with Crippen molar-refractivity contribution in [2.24, 2.45) is 0 Å². The summed E-state index contributed by atoms with van der Waals surface area (Å²) >= 11 is 1.24. The Balaban J connectivity index is 2.10. The van der Waals surface area contributed by atoms with Gasteiger partial charge in [-0.3, -0.25) is 0 Å². The minimum Gasteiger partial charge on any atom is -0.479 e. The number of hydrogen-bond donors (Lipinski definition) is 1. The van der Waals surface area contributed by atoms with Gasteiger partial charge in [-0.15, -0.1) is 5.10 Å². The molecule has 0 amide bonds. The van der Waals surface area contributed by atoms with Crippen LogP contribution in [-0.2, 0) is 6.61 Å². The average Bonchev–Trinajstić information content (AvgIpc) is 2.91. The minimum absolute atomic E-state index is 0.105. The average molecular weight is 309 g/mol. The zero-order valence-electron chi connectivity index (χ0n) is 11.7. The molecule has 0 aliphatic carbocycles. The van der Waals surface area contributed by atoms with Crippen molar-refractivity contribution in [1.29, 1.82) is 0 Å². The summed E-state index contributed by atoms with van der Waals surface area (Å²) in [6, 6.07) is 3.21. The van der Waals surface area contributed by atoms with Crippen molar-refractivity contribution < 1.29 is 9.66 Å². The highest BCUT2D eigenvalue weighted by atomic mass is 32.1. The van der Waals surface area contributed by atoms with Crippen molar-refractivity contribution in [3.8, 4) is 5.75 Å². The van der Waals surface area contributed by atoms with E-state index < -0.39 is 4.92 Å². The van der Waals surface area contributed by atoms with Crippen LogP contribution in [0.1, 0.15) is 24.7 Å². The van der Waals surface area contributed by atoms with Gasteiger partial charge in [0.2, 0.25) is 5.75 Å². The van der Waals surface area contributed by atoms with Gasteiger partial charge >= 0.3 is 5.82 Å². The molecule has 0 unspecified atom stereocenters. The number of pyridine rings is 1. The van der Waals surface area contributed by atoms with E-state index in [0.29, 0.717) is 11.4 Å². The van der Waals surface area contributed by atoms with Crippen molar-refractivity contribution in [2.75, 3.05) is 11.9 Å². The molecule has 2 aromatic heterocycles. The first-order chi connectivity index (χ1) is 10.1. The van der Waals surface area contributed by atoms with E-state index in [-0.39, 0.29) is 18.2 Å². The van der Waals surface area contributed by atoms with Crippen LogP contribution in [0.3, 0.4) is 0 Å². The Labute approximate surface area is 125 Å². The summed E-state index contributed by atoms with van der Waals surface area (Å²) < 4.78 is 9.34. The molecule has 0 spiro atoms.